The monoisotopic (exact) mass is 205 g/mol. The van der Waals surface area contributed by atoms with E-state index in [9.17, 15) is 0 Å². The smallest absolute Gasteiger partial charge is 0.00382 e. The van der Waals surface area contributed by atoms with Crippen molar-refractivity contribution in [1.29, 1.82) is 0 Å². The number of hydrogen-bond acceptors (Lipinski definition) is 1. The van der Waals surface area contributed by atoms with E-state index in [0.29, 0.717) is 12.1 Å². The molecule has 0 aromatic heterocycles. The SMILES string of the molecule is CC.CC.CC.CC(C)N(C)C(C)C. The van der Waals surface area contributed by atoms with Crippen LogP contribution in [0.25, 0.3) is 0 Å². The molecule has 0 N–H and O–H groups in total. The third-order valence-corrected chi connectivity index (χ3v) is 1.63. The van der Waals surface area contributed by atoms with Crippen LogP contribution in [0.2, 0.25) is 0 Å². The fourth-order valence-electron chi connectivity index (χ4n) is 0.596. The van der Waals surface area contributed by atoms with Crippen LogP contribution < -0.4 is 0 Å². The van der Waals surface area contributed by atoms with E-state index in [2.05, 4.69) is 39.6 Å². The Balaban J connectivity index is -0.0000000708. The van der Waals surface area contributed by atoms with Gasteiger partial charge in [-0.2, -0.15) is 0 Å². The van der Waals surface area contributed by atoms with Crippen LogP contribution in [0.15, 0.2) is 0 Å². The van der Waals surface area contributed by atoms with Gasteiger partial charge < -0.3 is 4.90 Å². The van der Waals surface area contributed by atoms with Gasteiger partial charge in [0.05, 0.1) is 0 Å². The maximum atomic E-state index is 2.33. The largest absolute Gasteiger partial charge is 0.302 e. The Morgan fingerprint density at radius 2 is 0.714 bits per heavy atom. The zero-order valence-electron chi connectivity index (χ0n) is 12.6. The highest BCUT2D eigenvalue weighted by atomic mass is 15.1. The minimum Gasteiger partial charge on any atom is -0.302 e. The molecule has 0 aliphatic heterocycles. The molecule has 0 fully saturated rings. The van der Waals surface area contributed by atoms with Gasteiger partial charge in [-0.3, -0.25) is 0 Å². The lowest BCUT2D eigenvalue weighted by atomic mass is 10.3. The van der Waals surface area contributed by atoms with Crippen LogP contribution in [0.3, 0.4) is 0 Å². The molecule has 0 aromatic rings. The van der Waals surface area contributed by atoms with Gasteiger partial charge >= 0.3 is 0 Å². The van der Waals surface area contributed by atoms with Crippen LogP contribution in [0, 0.1) is 0 Å². The van der Waals surface area contributed by atoms with Gasteiger partial charge in [-0.25, -0.2) is 0 Å². The Kier molecular flexibility index (Phi) is 39.0. The predicted molar refractivity (Wildman–Crippen MR) is 72.1 cm³/mol. The zero-order chi connectivity index (χ0) is 12.7. The van der Waals surface area contributed by atoms with Crippen molar-refractivity contribution in [2.24, 2.45) is 0 Å². The molecule has 0 aliphatic carbocycles. The average molecular weight is 205 g/mol. The molecule has 0 spiro atoms. The summed E-state index contributed by atoms with van der Waals surface area (Å²) in [6.07, 6.45) is 0. The van der Waals surface area contributed by atoms with Gasteiger partial charge in [0.15, 0.2) is 0 Å². The summed E-state index contributed by atoms with van der Waals surface area (Å²) in [5.41, 5.74) is 0. The van der Waals surface area contributed by atoms with E-state index >= 15 is 0 Å². The van der Waals surface area contributed by atoms with E-state index in [4.69, 9.17) is 0 Å². The maximum Gasteiger partial charge on any atom is 0.00382 e. The molecule has 0 aliphatic rings. The summed E-state index contributed by atoms with van der Waals surface area (Å²) in [5, 5.41) is 0. The number of nitrogens with zero attached hydrogens (tertiary/aromatic N) is 1. The van der Waals surface area contributed by atoms with E-state index in [0.717, 1.165) is 0 Å². The highest BCUT2D eigenvalue weighted by molar-refractivity contribution is 4.60. The summed E-state index contributed by atoms with van der Waals surface area (Å²) < 4.78 is 0. The predicted octanol–water partition coefficient (Wildman–Crippen LogP) is 4.81. The summed E-state index contributed by atoms with van der Waals surface area (Å²) in [7, 11) is 2.15. The average Bonchev–Trinajstić information content (AvgIpc) is 2.25. The lowest BCUT2D eigenvalue weighted by molar-refractivity contribution is 0.222. The number of hydrogen-bond donors (Lipinski definition) is 0. The molecule has 0 atom stereocenters. The van der Waals surface area contributed by atoms with Gasteiger partial charge in [-0.05, 0) is 34.7 Å². The van der Waals surface area contributed by atoms with Crippen molar-refractivity contribution in [2.75, 3.05) is 7.05 Å². The Morgan fingerprint density at radius 3 is 0.714 bits per heavy atom. The van der Waals surface area contributed by atoms with Crippen molar-refractivity contribution in [3.05, 3.63) is 0 Å². The zero-order valence-corrected chi connectivity index (χ0v) is 12.6. The Hall–Kier alpha value is -0.0400. The molecule has 0 amide bonds. The van der Waals surface area contributed by atoms with Gasteiger partial charge in [0, 0.05) is 12.1 Å². The van der Waals surface area contributed by atoms with Gasteiger partial charge in [-0.15, -0.1) is 0 Å². The normalized spacial score (nSPS) is 8.14. The van der Waals surface area contributed by atoms with E-state index in [1.54, 1.807) is 0 Å². The first-order valence-corrected chi connectivity index (χ1v) is 6.27. The molecule has 0 aromatic carbocycles. The van der Waals surface area contributed by atoms with Crippen molar-refractivity contribution in [3.8, 4) is 0 Å². The molecular weight excluding hydrogens is 170 g/mol. The van der Waals surface area contributed by atoms with E-state index in [1.165, 1.54) is 0 Å². The molecular formula is C13H35N. The Labute approximate surface area is 93.9 Å². The second-order valence-corrected chi connectivity index (χ2v) is 2.85. The first-order valence-electron chi connectivity index (χ1n) is 6.27. The van der Waals surface area contributed by atoms with Crippen molar-refractivity contribution in [3.63, 3.8) is 0 Å². The maximum absolute atomic E-state index is 2.33. The van der Waals surface area contributed by atoms with Gasteiger partial charge in [-0.1, -0.05) is 41.5 Å². The molecule has 0 radical (unpaired) electrons. The second-order valence-electron chi connectivity index (χ2n) is 2.85. The number of rotatable bonds is 2. The van der Waals surface area contributed by atoms with Crippen LogP contribution in [-0.2, 0) is 0 Å². The van der Waals surface area contributed by atoms with Crippen LogP contribution in [-0.4, -0.2) is 24.0 Å². The lowest BCUT2D eigenvalue weighted by Crippen LogP contribution is -2.32. The topological polar surface area (TPSA) is 3.24 Å². The standard InChI is InChI=1S/C7H17N.3C2H6/c1-6(2)8(5)7(3)4;3*1-2/h6-7H,1-5H3;3*1-2H3. The van der Waals surface area contributed by atoms with E-state index in [-0.39, 0.29) is 0 Å². The fraction of sp³-hybridized carbons (Fsp3) is 1.00. The summed E-state index contributed by atoms with van der Waals surface area (Å²) in [4.78, 5) is 2.33. The van der Waals surface area contributed by atoms with E-state index < -0.39 is 0 Å². The Morgan fingerprint density at radius 1 is 0.571 bits per heavy atom. The molecule has 0 heterocycles. The molecule has 0 bridgehead atoms. The lowest BCUT2D eigenvalue weighted by Gasteiger charge is -2.24. The van der Waals surface area contributed by atoms with Crippen molar-refractivity contribution >= 4 is 0 Å². The molecule has 0 unspecified atom stereocenters. The minimum absolute atomic E-state index is 0.676. The van der Waals surface area contributed by atoms with Crippen LogP contribution in [0.4, 0.5) is 0 Å². The highest BCUT2D eigenvalue weighted by Gasteiger charge is 2.04. The summed E-state index contributed by atoms with van der Waals surface area (Å²) in [6.45, 7) is 20.8. The summed E-state index contributed by atoms with van der Waals surface area (Å²) in [5.74, 6) is 0. The fourth-order valence-corrected chi connectivity index (χ4v) is 0.596. The molecule has 1 nitrogen and oxygen atoms in total. The molecule has 92 valence electrons. The van der Waals surface area contributed by atoms with Gasteiger partial charge in [0.25, 0.3) is 0 Å². The van der Waals surface area contributed by atoms with Gasteiger partial charge in [0.1, 0.15) is 0 Å². The third-order valence-electron chi connectivity index (χ3n) is 1.63. The molecule has 0 saturated heterocycles. The van der Waals surface area contributed by atoms with E-state index in [1.807, 2.05) is 41.5 Å². The first-order chi connectivity index (χ1) is 6.55. The first kappa shape index (κ1) is 23.6. The third kappa shape index (κ3) is 22.7. The van der Waals surface area contributed by atoms with Crippen LogP contribution in [0.5, 0.6) is 0 Å². The van der Waals surface area contributed by atoms with Crippen molar-refractivity contribution in [1.82, 2.24) is 4.90 Å². The summed E-state index contributed by atoms with van der Waals surface area (Å²) in [6, 6.07) is 1.35. The molecule has 0 saturated carbocycles. The second kappa shape index (κ2) is 23.1. The molecule has 0 rings (SSSR count). The Bertz CT molecular complexity index is 50.3. The van der Waals surface area contributed by atoms with Crippen molar-refractivity contribution in [2.45, 2.75) is 81.3 Å². The quantitative estimate of drug-likeness (QED) is 0.625. The summed E-state index contributed by atoms with van der Waals surface area (Å²) >= 11 is 0. The molecule has 1 heteroatoms. The van der Waals surface area contributed by atoms with Crippen LogP contribution >= 0.6 is 0 Å². The van der Waals surface area contributed by atoms with Crippen LogP contribution in [0.1, 0.15) is 69.2 Å². The minimum atomic E-state index is 0.676. The molecule has 14 heavy (non-hydrogen) atoms. The van der Waals surface area contributed by atoms with Gasteiger partial charge in [0.2, 0.25) is 0 Å². The highest BCUT2D eigenvalue weighted by Crippen LogP contribution is 1.98. The van der Waals surface area contributed by atoms with Crippen molar-refractivity contribution < 1.29 is 0 Å².